The average molecular weight is 168 g/mol. The van der Waals surface area contributed by atoms with Gasteiger partial charge in [-0.25, -0.2) is 0 Å². The zero-order valence-corrected chi connectivity index (χ0v) is 7.28. The van der Waals surface area contributed by atoms with Crippen LogP contribution >= 0.6 is 0 Å². The topological polar surface area (TPSA) is 29.5 Å². The van der Waals surface area contributed by atoms with Crippen LogP contribution in [0, 0.1) is 23.7 Å². The summed E-state index contributed by atoms with van der Waals surface area (Å²) in [6, 6.07) is 0. The second kappa shape index (κ2) is 2.46. The number of rotatable bonds is 0. The summed E-state index contributed by atoms with van der Waals surface area (Å²) in [6.45, 7) is 0.826. The van der Waals surface area contributed by atoms with Crippen molar-refractivity contribution in [2.24, 2.45) is 23.7 Å². The van der Waals surface area contributed by atoms with Crippen LogP contribution in [-0.2, 0) is 4.74 Å². The molecule has 0 bridgehead atoms. The number of hydrogen-bond donors (Lipinski definition) is 1. The molecule has 0 radical (unpaired) electrons. The maximum Gasteiger partial charge on any atom is 0.157 e. The molecule has 3 aliphatic rings. The third-order valence-electron chi connectivity index (χ3n) is 4.22. The van der Waals surface area contributed by atoms with E-state index in [1.54, 1.807) is 0 Å². The van der Waals surface area contributed by atoms with Crippen molar-refractivity contribution in [2.75, 3.05) is 6.61 Å². The Bertz CT molecular complexity index is 190. The van der Waals surface area contributed by atoms with E-state index in [4.69, 9.17) is 4.74 Å². The number of aliphatic hydroxyl groups excluding tert-OH is 1. The quantitative estimate of drug-likeness (QED) is 0.592. The lowest BCUT2D eigenvalue weighted by Gasteiger charge is -2.14. The Hall–Kier alpha value is -0.0800. The molecule has 2 aliphatic carbocycles. The van der Waals surface area contributed by atoms with Gasteiger partial charge in [0.25, 0.3) is 0 Å². The molecule has 0 aromatic carbocycles. The molecule has 0 amide bonds. The van der Waals surface area contributed by atoms with E-state index in [1.807, 2.05) is 0 Å². The third-order valence-corrected chi connectivity index (χ3v) is 4.22. The van der Waals surface area contributed by atoms with Crippen LogP contribution in [0.5, 0.6) is 0 Å². The van der Waals surface area contributed by atoms with Gasteiger partial charge in [0, 0.05) is 5.92 Å². The number of hydrogen-bond acceptors (Lipinski definition) is 2. The summed E-state index contributed by atoms with van der Waals surface area (Å²) in [5.41, 5.74) is 0. The van der Waals surface area contributed by atoms with Gasteiger partial charge in [-0.3, -0.25) is 0 Å². The summed E-state index contributed by atoms with van der Waals surface area (Å²) in [6.07, 6.45) is 5.01. The SMILES string of the molecule is OC1OCC2C3CCCC3CC12. The minimum Gasteiger partial charge on any atom is -0.368 e. The van der Waals surface area contributed by atoms with Gasteiger partial charge < -0.3 is 9.84 Å². The zero-order chi connectivity index (χ0) is 8.13. The predicted octanol–water partition coefficient (Wildman–Crippen LogP) is 1.39. The van der Waals surface area contributed by atoms with Crippen LogP contribution in [0.25, 0.3) is 0 Å². The van der Waals surface area contributed by atoms with Gasteiger partial charge in [-0.2, -0.15) is 0 Å². The number of fused-ring (bicyclic) bond motifs is 3. The Morgan fingerprint density at radius 3 is 2.92 bits per heavy atom. The predicted molar refractivity (Wildman–Crippen MR) is 44.4 cm³/mol. The Morgan fingerprint density at radius 2 is 2.00 bits per heavy atom. The molecule has 3 rings (SSSR count). The minimum absolute atomic E-state index is 0.430. The van der Waals surface area contributed by atoms with Gasteiger partial charge in [-0.05, 0) is 30.6 Å². The van der Waals surface area contributed by atoms with Crippen LogP contribution in [-0.4, -0.2) is 18.0 Å². The highest BCUT2D eigenvalue weighted by Crippen LogP contribution is 2.54. The third kappa shape index (κ3) is 0.826. The molecule has 2 heteroatoms. The van der Waals surface area contributed by atoms with Crippen LogP contribution < -0.4 is 0 Å². The zero-order valence-electron chi connectivity index (χ0n) is 7.28. The molecule has 0 spiro atoms. The van der Waals surface area contributed by atoms with E-state index in [-0.39, 0.29) is 0 Å². The van der Waals surface area contributed by atoms with Crippen LogP contribution in [0.3, 0.4) is 0 Å². The lowest BCUT2D eigenvalue weighted by Crippen LogP contribution is -2.17. The molecule has 1 saturated heterocycles. The van der Waals surface area contributed by atoms with Gasteiger partial charge in [0.05, 0.1) is 6.61 Å². The molecule has 2 nitrogen and oxygen atoms in total. The maximum absolute atomic E-state index is 9.53. The van der Waals surface area contributed by atoms with Gasteiger partial charge >= 0.3 is 0 Å². The van der Waals surface area contributed by atoms with Crippen molar-refractivity contribution in [3.8, 4) is 0 Å². The second-order valence-electron chi connectivity index (χ2n) is 4.64. The van der Waals surface area contributed by atoms with Gasteiger partial charge in [0.2, 0.25) is 0 Å². The first kappa shape index (κ1) is 7.34. The van der Waals surface area contributed by atoms with Crippen molar-refractivity contribution in [2.45, 2.75) is 32.0 Å². The Labute approximate surface area is 72.9 Å². The standard InChI is InChI=1S/C10H16O2/c11-10-8-4-6-2-1-3-7(6)9(8)5-12-10/h6-11H,1-5H2. The molecule has 1 aliphatic heterocycles. The average Bonchev–Trinajstić information content (AvgIpc) is 2.63. The maximum atomic E-state index is 9.53. The number of aliphatic hydroxyl groups is 1. The van der Waals surface area contributed by atoms with Crippen molar-refractivity contribution in [1.82, 2.24) is 0 Å². The highest BCUT2D eigenvalue weighted by molar-refractivity contribution is 4.97. The molecule has 1 N–H and O–H groups in total. The second-order valence-corrected chi connectivity index (χ2v) is 4.64. The summed E-state index contributed by atoms with van der Waals surface area (Å²) in [5.74, 6) is 3.01. The first-order valence-electron chi connectivity index (χ1n) is 5.16. The van der Waals surface area contributed by atoms with E-state index in [1.165, 1.54) is 25.7 Å². The highest BCUT2D eigenvalue weighted by Gasteiger charge is 2.51. The summed E-state index contributed by atoms with van der Waals surface area (Å²) in [4.78, 5) is 0. The van der Waals surface area contributed by atoms with Crippen LogP contribution in [0.1, 0.15) is 25.7 Å². The lowest BCUT2D eigenvalue weighted by molar-refractivity contribution is -0.0850. The van der Waals surface area contributed by atoms with E-state index < -0.39 is 6.29 Å². The molecule has 12 heavy (non-hydrogen) atoms. The normalized spacial score (nSPS) is 57.2. The molecular formula is C10H16O2. The summed E-state index contributed by atoms with van der Waals surface area (Å²) in [7, 11) is 0. The largest absolute Gasteiger partial charge is 0.368 e. The van der Waals surface area contributed by atoms with Crippen molar-refractivity contribution in [3.05, 3.63) is 0 Å². The van der Waals surface area contributed by atoms with Crippen molar-refractivity contribution in [3.63, 3.8) is 0 Å². The lowest BCUT2D eigenvalue weighted by atomic mass is 9.90. The molecule has 0 aromatic rings. The van der Waals surface area contributed by atoms with Crippen molar-refractivity contribution >= 4 is 0 Å². The highest BCUT2D eigenvalue weighted by atomic mass is 16.6. The van der Waals surface area contributed by atoms with Gasteiger partial charge in [-0.1, -0.05) is 12.8 Å². The van der Waals surface area contributed by atoms with Gasteiger partial charge in [0.1, 0.15) is 0 Å². The van der Waals surface area contributed by atoms with E-state index in [0.29, 0.717) is 11.8 Å². The summed E-state index contributed by atoms with van der Waals surface area (Å²) in [5, 5.41) is 9.53. The molecule has 2 saturated carbocycles. The smallest absolute Gasteiger partial charge is 0.157 e. The van der Waals surface area contributed by atoms with Crippen molar-refractivity contribution < 1.29 is 9.84 Å². The monoisotopic (exact) mass is 168 g/mol. The van der Waals surface area contributed by atoms with E-state index in [0.717, 1.165) is 18.4 Å². The molecule has 3 fully saturated rings. The van der Waals surface area contributed by atoms with Crippen LogP contribution in [0.15, 0.2) is 0 Å². The molecular weight excluding hydrogens is 152 g/mol. The first-order chi connectivity index (χ1) is 5.86. The van der Waals surface area contributed by atoms with E-state index in [2.05, 4.69) is 0 Å². The minimum atomic E-state index is -0.430. The fourth-order valence-electron chi connectivity index (χ4n) is 3.67. The van der Waals surface area contributed by atoms with Crippen LogP contribution in [0.4, 0.5) is 0 Å². The van der Waals surface area contributed by atoms with E-state index in [9.17, 15) is 5.11 Å². The van der Waals surface area contributed by atoms with Gasteiger partial charge in [0.15, 0.2) is 6.29 Å². The molecule has 0 aromatic heterocycles. The fraction of sp³-hybridized carbons (Fsp3) is 1.00. The Morgan fingerprint density at radius 1 is 1.08 bits per heavy atom. The van der Waals surface area contributed by atoms with E-state index >= 15 is 0 Å². The molecule has 1 heterocycles. The van der Waals surface area contributed by atoms with Crippen molar-refractivity contribution in [1.29, 1.82) is 0 Å². The molecule has 5 atom stereocenters. The summed E-state index contributed by atoms with van der Waals surface area (Å²) < 4.78 is 5.28. The fourth-order valence-corrected chi connectivity index (χ4v) is 3.67. The molecule has 68 valence electrons. The Kier molecular flexibility index (Phi) is 1.50. The van der Waals surface area contributed by atoms with Crippen LogP contribution in [0.2, 0.25) is 0 Å². The molecule has 5 unspecified atom stereocenters. The first-order valence-corrected chi connectivity index (χ1v) is 5.16. The Balaban J connectivity index is 1.83. The van der Waals surface area contributed by atoms with Gasteiger partial charge in [-0.15, -0.1) is 0 Å². The summed E-state index contributed by atoms with van der Waals surface area (Å²) >= 11 is 0. The number of ether oxygens (including phenoxy) is 1.